The zero-order chi connectivity index (χ0) is 9.14. The van der Waals surface area contributed by atoms with Crippen molar-refractivity contribution in [2.45, 2.75) is 26.9 Å². The molecule has 0 saturated heterocycles. The average Bonchev–Trinajstić information content (AvgIpc) is 1.96. The Kier molecular flexibility index (Phi) is 2.58. The molecule has 1 aromatic rings. The van der Waals surface area contributed by atoms with E-state index in [-0.39, 0.29) is 11.9 Å². The standard InChI is InChI=1S/C10H14O2/c1-7(2)12-9-5-4-8(3)10(11)6-9/h4-7,11H,1-3H3. The van der Waals surface area contributed by atoms with Gasteiger partial charge in [0.05, 0.1) is 6.10 Å². The van der Waals surface area contributed by atoms with Crippen molar-refractivity contribution in [3.8, 4) is 11.5 Å². The molecule has 0 heterocycles. The highest BCUT2D eigenvalue weighted by Gasteiger charge is 2.00. The second kappa shape index (κ2) is 3.48. The summed E-state index contributed by atoms with van der Waals surface area (Å²) in [6.07, 6.45) is 0.145. The largest absolute Gasteiger partial charge is 0.508 e. The van der Waals surface area contributed by atoms with Crippen molar-refractivity contribution in [3.05, 3.63) is 23.8 Å². The molecule has 1 aromatic carbocycles. The Morgan fingerprint density at radius 2 is 2.00 bits per heavy atom. The molecule has 2 nitrogen and oxygen atoms in total. The molecule has 0 unspecified atom stereocenters. The minimum Gasteiger partial charge on any atom is -0.508 e. The predicted octanol–water partition coefficient (Wildman–Crippen LogP) is 2.49. The van der Waals surface area contributed by atoms with Crippen LogP contribution in [0.25, 0.3) is 0 Å². The first kappa shape index (κ1) is 8.91. The van der Waals surface area contributed by atoms with Crippen molar-refractivity contribution in [1.82, 2.24) is 0 Å². The van der Waals surface area contributed by atoms with Crippen LogP contribution in [0.1, 0.15) is 19.4 Å². The van der Waals surface area contributed by atoms with Crippen molar-refractivity contribution in [3.63, 3.8) is 0 Å². The lowest BCUT2D eigenvalue weighted by atomic mass is 10.2. The molecule has 0 amide bonds. The zero-order valence-corrected chi connectivity index (χ0v) is 7.66. The van der Waals surface area contributed by atoms with Crippen LogP contribution < -0.4 is 4.74 Å². The number of phenolic OH excluding ortho intramolecular Hbond substituents is 1. The van der Waals surface area contributed by atoms with Gasteiger partial charge in [-0.1, -0.05) is 6.07 Å². The summed E-state index contributed by atoms with van der Waals surface area (Å²) in [5.41, 5.74) is 0.867. The van der Waals surface area contributed by atoms with Crippen molar-refractivity contribution in [1.29, 1.82) is 0 Å². The Morgan fingerprint density at radius 3 is 2.50 bits per heavy atom. The molecule has 0 aromatic heterocycles. The molecule has 0 bridgehead atoms. The van der Waals surface area contributed by atoms with E-state index in [4.69, 9.17) is 4.74 Å². The van der Waals surface area contributed by atoms with Crippen LogP contribution in [-0.2, 0) is 0 Å². The highest BCUT2D eigenvalue weighted by molar-refractivity contribution is 5.38. The quantitative estimate of drug-likeness (QED) is 0.731. The normalized spacial score (nSPS) is 10.3. The highest BCUT2D eigenvalue weighted by Crippen LogP contribution is 2.23. The molecule has 0 radical (unpaired) electrons. The van der Waals surface area contributed by atoms with Gasteiger partial charge in [-0.05, 0) is 32.4 Å². The third-order valence-corrected chi connectivity index (χ3v) is 1.55. The van der Waals surface area contributed by atoms with E-state index in [0.717, 1.165) is 5.56 Å². The monoisotopic (exact) mass is 166 g/mol. The van der Waals surface area contributed by atoms with Crippen molar-refractivity contribution >= 4 is 0 Å². The fraction of sp³-hybridized carbons (Fsp3) is 0.400. The number of hydrogen-bond donors (Lipinski definition) is 1. The summed E-state index contributed by atoms with van der Waals surface area (Å²) < 4.78 is 5.39. The van der Waals surface area contributed by atoms with Gasteiger partial charge in [0.15, 0.2) is 0 Å². The summed E-state index contributed by atoms with van der Waals surface area (Å²) >= 11 is 0. The van der Waals surface area contributed by atoms with E-state index in [1.165, 1.54) is 0 Å². The van der Waals surface area contributed by atoms with E-state index in [9.17, 15) is 5.11 Å². The number of aryl methyl sites for hydroxylation is 1. The number of phenols is 1. The molecule has 0 aliphatic rings. The summed E-state index contributed by atoms with van der Waals surface area (Å²) in [5.74, 6) is 1.00. The van der Waals surface area contributed by atoms with Crippen LogP contribution in [0.15, 0.2) is 18.2 Å². The van der Waals surface area contributed by atoms with Gasteiger partial charge in [0.25, 0.3) is 0 Å². The minimum atomic E-state index is 0.145. The number of aromatic hydroxyl groups is 1. The van der Waals surface area contributed by atoms with Gasteiger partial charge < -0.3 is 9.84 Å². The molecule has 66 valence electrons. The summed E-state index contributed by atoms with van der Waals surface area (Å²) in [6, 6.07) is 5.33. The molecule has 0 spiro atoms. The Balaban J connectivity index is 2.82. The molecule has 0 fully saturated rings. The fourth-order valence-electron chi connectivity index (χ4n) is 0.935. The van der Waals surface area contributed by atoms with Gasteiger partial charge in [-0.25, -0.2) is 0 Å². The van der Waals surface area contributed by atoms with Gasteiger partial charge in [0.2, 0.25) is 0 Å². The molecule has 0 aliphatic heterocycles. The molecule has 2 heteroatoms. The lowest BCUT2D eigenvalue weighted by molar-refractivity contribution is 0.241. The summed E-state index contributed by atoms with van der Waals surface area (Å²) in [7, 11) is 0. The molecule has 0 aliphatic carbocycles. The maximum absolute atomic E-state index is 9.33. The van der Waals surface area contributed by atoms with Crippen LogP contribution in [0.3, 0.4) is 0 Å². The van der Waals surface area contributed by atoms with Crippen molar-refractivity contribution in [2.24, 2.45) is 0 Å². The smallest absolute Gasteiger partial charge is 0.123 e. The van der Waals surface area contributed by atoms with Gasteiger partial charge in [0, 0.05) is 6.07 Å². The van der Waals surface area contributed by atoms with Crippen molar-refractivity contribution in [2.75, 3.05) is 0 Å². The molecule has 1 N–H and O–H groups in total. The SMILES string of the molecule is Cc1ccc(OC(C)C)cc1O. The third-order valence-electron chi connectivity index (χ3n) is 1.55. The lowest BCUT2D eigenvalue weighted by Gasteiger charge is -2.10. The van der Waals surface area contributed by atoms with Crippen LogP contribution in [-0.4, -0.2) is 11.2 Å². The topological polar surface area (TPSA) is 29.5 Å². The molecule has 12 heavy (non-hydrogen) atoms. The Labute approximate surface area is 72.8 Å². The van der Waals surface area contributed by atoms with E-state index in [1.807, 2.05) is 32.9 Å². The maximum Gasteiger partial charge on any atom is 0.123 e. The number of ether oxygens (including phenoxy) is 1. The molecular weight excluding hydrogens is 152 g/mol. The Hall–Kier alpha value is -1.18. The van der Waals surface area contributed by atoms with Crippen LogP contribution in [0.2, 0.25) is 0 Å². The summed E-state index contributed by atoms with van der Waals surface area (Å²) in [4.78, 5) is 0. The number of rotatable bonds is 2. The number of benzene rings is 1. The maximum atomic E-state index is 9.33. The lowest BCUT2D eigenvalue weighted by Crippen LogP contribution is -2.05. The zero-order valence-electron chi connectivity index (χ0n) is 7.66. The van der Waals surface area contributed by atoms with Gasteiger partial charge >= 0.3 is 0 Å². The minimum absolute atomic E-state index is 0.145. The van der Waals surface area contributed by atoms with E-state index in [1.54, 1.807) is 6.07 Å². The van der Waals surface area contributed by atoms with Gasteiger partial charge in [-0.3, -0.25) is 0 Å². The molecular formula is C10H14O2. The number of hydrogen-bond acceptors (Lipinski definition) is 2. The predicted molar refractivity (Wildman–Crippen MR) is 48.6 cm³/mol. The van der Waals surface area contributed by atoms with Gasteiger partial charge in [-0.2, -0.15) is 0 Å². The van der Waals surface area contributed by atoms with Gasteiger partial charge in [-0.15, -0.1) is 0 Å². The van der Waals surface area contributed by atoms with E-state index < -0.39 is 0 Å². The first-order valence-electron chi connectivity index (χ1n) is 4.06. The van der Waals surface area contributed by atoms with Crippen LogP contribution in [0.5, 0.6) is 11.5 Å². The Morgan fingerprint density at radius 1 is 1.33 bits per heavy atom. The average molecular weight is 166 g/mol. The van der Waals surface area contributed by atoms with E-state index >= 15 is 0 Å². The van der Waals surface area contributed by atoms with Crippen LogP contribution in [0.4, 0.5) is 0 Å². The first-order chi connectivity index (χ1) is 5.59. The molecule has 0 atom stereocenters. The second-order valence-electron chi connectivity index (χ2n) is 3.11. The fourth-order valence-corrected chi connectivity index (χ4v) is 0.935. The third kappa shape index (κ3) is 2.16. The van der Waals surface area contributed by atoms with Crippen molar-refractivity contribution < 1.29 is 9.84 Å². The highest BCUT2D eigenvalue weighted by atomic mass is 16.5. The van der Waals surface area contributed by atoms with Gasteiger partial charge in [0.1, 0.15) is 11.5 Å². The summed E-state index contributed by atoms with van der Waals surface area (Å²) in [6.45, 7) is 5.77. The molecule has 1 rings (SSSR count). The first-order valence-corrected chi connectivity index (χ1v) is 4.06. The molecule has 0 saturated carbocycles. The Bertz CT molecular complexity index is 267. The summed E-state index contributed by atoms with van der Waals surface area (Å²) in [5, 5.41) is 9.33. The van der Waals surface area contributed by atoms with Crippen LogP contribution in [0, 0.1) is 6.92 Å². The van der Waals surface area contributed by atoms with Crippen LogP contribution >= 0.6 is 0 Å². The van der Waals surface area contributed by atoms with E-state index in [2.05, 4.69) is 0 Å². The van der Waals surface area contributed by atoms with E-state index in [0.29, 0.717) is 5.75 Å². The second-order valence-corrected chi connectivity index (χ2v) is 3.11.